The van der Waals surface area contributed by atoms with Crippen molar-refractivity contribution in [3.63, 3.8) is 0 Å². The minimum absolute atomic E-state index is 0.249. The summed E-state index contributed by atoms with van der Waals surface area (Å²) in [7, 11) is -5.12. The van der Waals surface area contributed by atoms with Crippen molar-refractivity contribution in [1.29, 1.82) is 0 Å². The van der Waals surface area contributed by atoms with Gasteiger partial charge in [-0.25, -0.2) is 4.18 Å². The lowest BCUT2D eigenvalue weighted by Crippen LogP contribution is -2.61. The Morgan fingerprint density at radius 1 is 0.625 bits per heavy atom. The van der Waals surface area contributed by atoms with Gasteiger partial charge >= 0.3 is 10.4 Å². The number of ether oxygens (including phenoxy) is 2. The van der Waals surface area contributed by atoms with Crippen molar-refractivity contribution < 1.29 is 57.0 Å². The number of allylic oxidation sites excluding steroid dienone is 1. The van der Waals surface area contributed by atoms with Crippen LogP contribution in [0.5, 0.6) is 0 Å². The Bertz CT molecular complexity index is 1210. The standard InChI is InChI=1S/C50H97NO12S/c1-3-5-7-9-11-13-15-17-18-19-20-21-22-23-24-25-27-29-31-33-35-37-39-44(54)49(57)51-42(43(53)38-36-34-32-30-28-26-16-14-12-10-8-6-4-2)41-61-50-47(56)48(63-64(58,59)60)46(55)45(40-52)62-50/h36,38,42-48,50,52-56H,3-35,37,39-41H2,1-2H3,(H,51,57)(H,58,59,60)/b38-36+. The van der Waals surface area contributed by atoms with Crippen LogP contribution < -0.4 is 5.32 Å². The van der Waals surface area contributed by atoms with Gasteiger partial charge in [-0.2, -0.15) is 8.42 Å². The third kappa shape index (κ3) is 32.5. The minimum atomic E-state index is -5.12. The number of amides is 1. The Hall–Kier alpha value is -1.20. The molecule has 0 spiro atoms. The molecule has 8 unspecified atom stereocenters. The summed E-state index contributed by atoms with van der Waals surface area (Å²) < 4.78 is 47.6. The average Bonchev–Trinajstić information content (AvgIpc) is 3.27. The van der Waals surface area contributed by atoms with Crippen LogP contribution in [0.25, 0.3) is 0 Å². The summed E-state index contributed by atoms with van der Waals surface area (Å²) in [4.78, 5) is 13.1. The molecule has 1 amide bonds. The normalized spacial score (nSPS) is 20.8. The van der Waals surface area contributed by atoms with Crippen LogP contribution in [-0.4, -0.2) is 107 Å². The summed E-state index contributed by atoms with van der Waals surface area (Å²) in [6.45, 7) is 3.24. The molecule has 0 aromatic rings. The van der Waals surface area contributed by atoms with Gasteiger partial charge in [-0.1, -0.05) is 231 Å². The molecule has 380 valence electrons. The molecule has 0 radical (unpaired) electrons. The first-order valence-electron chi connectivity index (χ1n) is 26.2. The van der Waals surface area contributed by atoms with Crippen LogP contribution in [0, 0.1) is 0 Å². The number of hydrogen-bond donors (Lipinski definition) is 7. The molecule has 1 fully saturated rings. The monoisotopic (exact) mass is 936 g/mol. The van der Waals surface area contributed by atoms with E-state index < -0.39 is 78.5 Å². The number of nitrogens with one attached hydrogen (secondary N) is 1. The van der Waals surface area contributed by atoms with E-state index in [9.17, 15) is 43.3 Å². The zero-order valence-corrected chi connectivity index (χ0v) is 41.3. The topological polar surface area (TPSA) is 212 Å². The van der Waals surface area contributed by atoms with Crippen molar-refractivity contribution in [2.24, 2.45) is 0 Å². The van der Waals surface area contributed by atoms with Crippen molar-refractivity contribution in [3.8, 4) is 0 Å². The van der Waals surface area contributed by atoms with Gasteiger partial charge in [0.1, 0.15) is 30.5 Å². The molecule has 1 aliphatic heterocycles. The highest BCUT2D eigenvalue weighted by molar-refractivity contribution is 7.80. The first-order valence-corrected chi connectivity index (χ1v) is 27.5. The molecule has 1 heterocycles. The van der Waals surface area contributed by atoms with E-state index in [0.717, 1.165) is 38.5 Å². The summed E-state index contributed by atoms with van der Waals surface area (Å²) in [5, 5.41) is 55.3. The number of carbonyl (C=O) groups excluding carboxylic acids is 1. The molecule has 0 aromatic heterocycles. The molecule has 64 heavy (non-hydrogen) atoms. The van der Waals surface area contributed by atoms with Gasteiger partial charge in [-0.05, 0) is 19.3 Å². The summed E-state index contributed by atoms with van der Waals surface area (Å²) in [5.41, 5.74) is 0. The maximum absolute atomic E-state index is 13.1. The summed E-state index contributed by atoms with van der Waals surface area (Å²) in [5.74, 6) is -0.698. The van der Waals surface area contributed by atoms with Gasteiger partial charge in [-0.3, -0.25) is 9.35 Å². The Morgan fingerprint density at radius 3 is 1.41 bits per heavy atom. The van der Waals surface area contributed by atoms with Gasteiger partial charge in [0, 0.05) is 0 Å². The largest absolute Gasteiger partial charge is 0.397 e. The first kappa shape index (κ1) is 60.8. The predicted molar refractivity (Wildman–Crippen MR) is 256 cm³/mol. The number of carbonyl (C=O) groups is 1. The molecular formula is C50H97NO12S. The molecule has 14 heteroatoms. The van der Waals surface area contributed by atoms with E-state index in [1.807, 2.05) is 6.08 Å². The molecule has 0 bridgehead atoms. The molecule has 1 saturated heterocycles. The van der Waals surface area contributed by atoms with E-state index in [1.54, 1.807) is 6.08 Å². The molecule has 7 N–H and O–H groups in total. The number of aliphatic hydroxyl groups is 5. The fraction of sp³-hybridized carbons (Fsp3) is 0.940. The van der Waals surface area contributed by atoms with E-state index in [1.165, 1.54) is 167 Å². The maximum Gasteiger partial charge on any atom is 0.397 e. The van der Waals surface area contributed by atoms with Gasteiger partial charge in [0.15, 0.2) is 6.29 Å². The van der Waals surface area contributed by atoms with Gasteiger partial charge in [0.25, 0.3) is 0 Å². The molecular weight excluding hydrogens is 839 g/mol. The summed E-state index contributed by atoms with van der Waals surface area (Å²) >= 11 is 0. The Balaban J connectivity index is 2.44. The van der Waals surface area contributed by atoms with Crippen LogP contribution in [0.4, 0.5) is 0 Å². The molecule has 1 rings (SSSR count). The molecule has 0 saturated carbocycles. The van der Waals surface area contributed by atoms with E-state index in [-0.39, 0.29) is 6.42 Å². The number of hydrogen-bond acceptors (Lipinski definition) is 11. The van der Waals surface area contributed by atoms with Gasteiger partial charge in [0.05, 0.1) is 25.4 Å². The lowest BCUT2D eigenvalue weighted by Gasteiger charge is -2.41. The highest BCUT2D eigenvalue weighted by atomic mass is 32.3. The fourth-order valence-corrected chi connectivity index (χ4v) is 9.03. The Labute approximate surface area is 390 Å². The van der Waals surface area contributed by atoms with Gasteiger partial charge in [0.2, 0.25) is 5.91 Å². The Kier molecular flexibility index (Phi) is 38.8. The summed E-state index contributed by atoms with van der Waals surface area (Å²) in [6, 6.07) is -1.11. The fourth-order valence-electron chi connectivity index (χ4n) is 8.52. The van der Waals surface area contributed by atoms with Crippen molar-refractivity contribution in [3.05, 3.63) is 12.2 Å². The molecule has 0 aliphatic carbocycles. The summed E-state index contributed by atoms with van der Waals surface area (Å²) in [6.07, 6.45) is 34.4. The van der Waals surface area contributed by atoms with Gasteiger partial charge < -0.3 is 40.3 Å². The van der Waals surface area contributed by atoms with Crippen LogP contribution in [0.2, 0.25) is 0 Å². The van der Waals surface area contributed by atoms with Crippen molar-refractivity contribution in [2.75, 3.05) is 13.2 Å². The second-order valence-electron chi connectivity index (χ2n) is 18.6. The lowest BCUT2D eigenvalue weighted by molar-refractivity contribution is -0.298. The zero-order valence-electron chi connectivity index (χ0n) is 40.5. The second kappa shape index (κ2) is 40.8. The quantitative estimate of drug-likeness (QED) is 0.0173. The number of rotatable bonds is 45. The van der Waals surface area contributed by atoms with Crippen LogP contribution in [-0.2, 0) is 28.9 Å². The first-order chi connectivity index (χ1) is 30.9. The predicted octanol–water partition coefficient (Wildman–Crippen LogP) is 10.1. The SMILES string of the molecule is CCCCCCCCCCCCC/C=C/C(O)C(COC1OC(CO)C(O)C(OS(=O)(=O)O)C1O)NC(=O)C(O)CCCCCCCCCCCCCCCCCCCCCCCC. The van der Waals surface area contributed by atoms with Crippen LogP contribution in [0.1, 0.15) is 239 Å². The highest BCUT2D eigenvalue weighted by Gasteiger charge is 2.48. The number of aliphatic hydroxyl groups excluding tert-OH is 5. The third-order valence-electron chi connectivity index (χ3n) is 12.7. The highest BCUT2D eigenvalue weighted by Crippen LogP contribution is 2.26. The average molecular weight is 936 g/mol. The van der Waals surface area contributed by atoms with E-state index in [2.05, 4.69) is 23.3 Å². The molecule has 8 atom stereocenters. The van der Waals surface area contributed by atoms with Crippen molar-refractivity contribution in [2.45, 2.75) is 288 Å². The molecule has 0 aromatic carbocycles. The van der Waals surface area contributed by atoms with E-state index >= 15 is 0 Å². The minimum Gasteiger partial charge on any atom is -0.394 e. The van der Waals surface area contributed by atoms with E-state index in [0.29, 0.717) is 12.8 Å². The maximum atomic E-state index is 13.1. The number of unbranched alkanes of at least 4 members (excludes halogenated alkanes) is 32. The lowest BCUT2D eigenvalue weighted by atomic mass is 9.99. The second-order valence-corrected chi connectivity index (χ2v) is 19.7. The van der Waals surface area contributed by atoms with Gasteiger partial charge in [-0.15, -0.1) is 0 Å². The van der Waals surface area contributed by atoms with Crippen LogP contribution in [0.15, 0.2) is 12.2 Å². The van der Waals surface area contributed by atoms with Crippen LogP contribution in [0.3, 0.4) is 0 Å². The third-order valence-corrected chi connectivity index (χ3v) is 13.1. The van der Waals surface area contributed by atoms with E-state index in [4.69, 9.17) is 9.47 Å². The Morgan fingerprint density at radius 2 is 1.02 bits per heavy atom. The molecule has 1 aliphatic rings. The van der Waals surface area contributed by atoms with Crippen LogP contribution >= 0.6 is 0 Å². The van der Waals surface area contributed by atoms with Crippen molar-refractivity contribution in [1.82, 2.24) is 5.32 Å². The zero-order chi connectivity index (χ0) is 47.1. The smallest absolute Gasteiger partial charge is 0.394 e. The molecule has 13 nitrogen and oxygen atoms in total. The van der Waals surface area contributed by atoms with Crippen molar-refractivity contribution >= 4 is 16.3 Å².